The lowest BCUT2D eigenvalue weighted by molar-refractivity contribution is -0.122. The fourth-order valence-electron chi connectivity index (χ4n) is 4.12. The summed E-state index contributed by atoms with van der Waals surface area (Å²) in [7, 11) is 1.39. The molecule has 2 rings (SSSR count). The van der Waals surface area contributed by atoms with Gasteiger partial charge in [0.15, 0.2) is 11.5 Å². The molecule has 5 nitrogen and oxygen atoms in total. The van der Waals surface area contributed by atoms with Gasteiger partial charge >= 0.3 is 0 Å². The van der Waals surface area contributed by atoms with E-state index in [0.717, 1.165) is 37.3 Å². The average Bonchev–Trinajstić information content (AvgIpc) is 2.82. The van der Waals surface area contributed by atoms with Crippen LogP contribution in [-0.4, -0.2) is 24.6 Å². The monoisotopic (exact) mass is 475 g/mol. The lowest BCUT2D eigenvalue weighted by atomic mass is 9.86. The van der Waals surface area contributed by atoms with Crippen LogP contribution in [0.1, 0.15) is 59.8 Å². The van der Waals surface area contributed by atoms with Crippen LogP contribution in [0.3, 0.4) is 0 Å². The first kappa shape index (κ1) is 27.9. The number of carbonyl (C=O) groups excluding carboxylic acids is 3. The summed E-state index contributed by atoms with van der Waals surface area (Å²) in [6, 6.07) is 0. The predicted molar refractivity (Wildman–Crippen MR) is 140 cm³/mol. The number of carbonyl (C=O) groups is 3. The van der Waals surface area contributed by atoms with Crippen molar-refractivity contribution in [3.8, 4) is 12.3 Å². The topological polar surface area (TPSA) is 72.5 Å². The van der Waals surface area contributed by atoms with Crippen LogP contribution in [0.5, 0.6) is 0 Å². The minimum absolute atomic E-state index is 0.0359. The normalized spacial score (nSPS) is 30.9. The SMILES string of the molecule is C#C[C@H]1/C=C(\C)[C@H](C)[C@@H](C)/C=C\C=C(/OC)C(=O)NC2=CC(=O)C=C(C/C(C)=C/CCCC1)C2=O. The molecule has 1 aliphatic heterocycles. The Morgan fingerprint density at radius 2 is 1.86 bits per heavy atom. The van der Waals surface area contributed by atoms with Gasteiger partial charge in [-0.3, -0.25) is 14.4 Å². The van der Waals surface area contributed by atoms with E-state index in [-0.39, 0.29) is 40.8 Å². The van der Waals surface area contributed by atoms with Crippen LogP contribution < -0.4 is 5.32 Å². The third-order valence-corrected chi connectivity index (χ3v) is 6.61. The van der Waals surface area contributed by atoms with Crippen molar-refractivity contribution < 1.29 is 19.1 Å². The molecule has 5 heteroatoms. The van der Waals surface area contributed by atoms with Gasteiger partial charge in [-0.25, -0.2) is 0 Å². The number of rotatable bonds is 1. The highest BCUT2D eigenvalue weighted by Crippen LogP contribution is 2.25. The zero-order valence-corrected chi connectivity index (χ0v) is 21.5. The highest BCUT2D eigenvalue weighted by atomic mass is 16.5. The zero-order valence-electron chi connectivity index (χ0n) is 21.5. The van der Waals surface area contributed by atoms with Gasteiger partial charge in [0.1, 0.15) is 0 Å². The van der Waals surface area contributed by atoms with Crippen molar-refractivity contribution in [3.05, 3.63) is 70.7 Å². The molecule has 1 amide bonds. The summed E-state index contributed by atoms with van der Waals surface area (Å²) < 4.78 is 5.23. The molecule has 0 radical (unpaired) electrons. The number of ether oxygens (including phenoxy) is 1. The van der Waals surface area contributed by atoms with Gasteiger partial charge in [-0.1, -0.05) is 61.6 Å². The maximum atomic E-state index is 12.9. The van der Waals surface area contributed by atoms with Gasteiger partial charge in [-0.05, 0) is 63.5 Å². The largest absolute Gasteiger partial charge is 0.491 e. The Morgan fingerprint density at radius 1 is 1.11 bits per heavy atom. The van der Waals surface area contributed by atoms with Crippen molar-refractivity contribution in [1.29, 1.82) is 0 Å². The summed E-state index contributed by atoms with van der Waals surface area (Å²) in [5, 5.41) is 2.55. The number of hydrogen-bond donors (Lipinski definition) is 1. The van der Waals surface area contributed by atoms with Crippen LogP contribution in [0.25, 0.3) is 0 Å². The number of hydrogen-bond acceptors (Lipinski definition) is 4. The molecule has 0 aromatic carbocycles. The Morgan fingerprint density at radius 3 is 2.54 bits per heavy atom. The number of methoxy groups -OCH3 is 1. The molecule has 186 valence electrons. The first-order valence-electron chi connectivity index (χ1n) is 12.2. The Labute approximate surface area is 209 Å². The summed E-state index contributed by atoms with van der Waals surface area (Å²) in [6.07, 6.45) is 22.1. The summed E-state index contributed by atoms with van der Waals surface area (Å²) in [4.78, 5) is 37.9. The minimum atomic E-state index is -0.586. The van der Waals surface area contributed by atoms with Gasteiger partial charge in [0, 0.05) is 17.6 Å². The van der Waals surface area contributed by atoms with Crippen molar-refractivity contribution >= 4 is 17.5 Å². The molecule has 1 heterocycles. The van der Waals surface area contributed by atoms with Crippen molar-refractivity contribution in [2.75, 3.05) is 7.11 Å². The van der Waals surface area contributed by atoms with Gasteiger partial charge in [0.2, 0.25) is 5.78 Å². The Hall–Kier alpha value is -3.39. The van der Waals surface area contributed by atoms with E-state index in [1.165, 1.54) is 18.8 Å². The molecule has 0 saturated carbocycles. The maximum Gasteiger partial charge on any atom is 0.290 e. The van der Waals surface area contributed by atoms with Gasteiger partial charge in [0.05, 0.1) is 12.8 Å². The summed E-state index contributed by atoms with van der Waals surface area (Å²) in [5.74, 6) is 2.26. The van der Waals surface area contributed by atoms with Gasteiger partial charge in [0.25, 0.3) is 5.91 Å². The van der Waals surface area contributed by atoms with E-state index in [2.05, 4.69) is 44.2 Å². The van der Waals surface area contributed by atoms with E-state index in [9.17, 15) is 14.4 Å². The highest BCUT2D eigenvalue weighted by Gasteiger charge is 2.24. The summed E-state index contributed by atoms with van der Waals surface area (Å²) >= 11 is 0. The van der Waals surface area contributed by atoms with Gasteiger partial charge < -0.3 is 10.1 Å². The number of nitrogens with one attached hydrogen (secondary N) is 1. The van der Waals surface area contributed by atoms with Crippen molar-refractivity contribution in [2.24, 2.45) is 17.8 Å². The van der Waals surface area contributed by atoms with Crippen molar-refractivity contribution in [1.82, 2.24) is 5.32 Å². The second-order valence-electron chi connectivity index (χ2n) is 9.38. The lowest BCUT2D eigenvalue weighted by Crippen LogP contribution is -2.32. The van der Waals surface area contributed by atoms with Crippen molar-refractivity contribution in [3.63, 3.8) is 0 Å². The van der Waals surface area contributed by atoms with Crippen LogP contribution in [0.15, 0.2) is 70.7 Å². The number of fused-ring (bicyclic) bond motifs is 2. The van der Waals surface area contributed by atoms with Crippen LogP contribution in [0.4, 0.5) is 0 Å². The third-order valence-electron chi connectivity index (χ3n) is 6.61. The fourth-order valence-corrected chi connectivity index (χ4v) is 4.12. The molecule has 1 N–H and O–H groups in total. The molecular weight excluding hydrogens is 438 g/mol. The molecule has 0 aromatic heterocycles. The van der Waals surface area contributed by atoms with Crippen LogP contribution >= 0.6 is 0 Å². The third kappa shape index (κ3) is 8.40. The lowest BCUT2D eigenvalue weighted by Gasteiger charge is -2.19. The quantitative estimate of drug-likeness (QED) is 0.307. The Balaban J connectivity index is 2.35. The summed E-state index contributed by atoms with van der Waals surface area (Å²) in [6.45, 7) is 8.33. The molecule has 35 heavy (non-hydrogen) atoms. The minimum Gasteiger partial charge on any atom is -0.491 e. The second kappa shape index (κ2) is 13.5. The van der Waals surface area contributed by atoms with E-state index >= 15 is 0 Å². The Bertz CT molecular complexity index is 1060. The molecule has 0 fully saturated rings. The van der Waals surface area contributed by atoms with E-state index < -0.39 is 5.91 Å². The molecular formula is C30H37NO4. The number of ketones is 2. The first-order valence-corrected chi connectivity index (χ1v) is 12.2. The van der Waals surface area contributed by atoms with Crippen molar-refractivity contribution in [2.45, 2.75) is 59.8 Å². The predicted octanol–water partition coefficient (Wildman–Crippen LogP) is 5.53. The second-order valence-corrected chi connectivity index (χ2v) is 9.38. The summed E-state index contributed by atoms with van der Waals surface area (Å²) in [5.41, 5.74) is 2.58. The molecule has 2 bridgehead atoms. The number of allylic oxidation sites excluding steroid dienone is 10. The first-order chi connectivity index (χ1) is 16.7. The molecule has 1 aliphatic carbocycles. The zero-order chi connectivity index (χ0) is 26.0. The van der Waals surface area contributed by atoms with E-state index in [0.29, 0.717) is 12.0 Å². The molecule has 0 aromatic rings. The smallest absolute Gasteiger partial charge is 0.290 e. The van der Waals surface area contributed by atoms with Gasteiger partial charge in [-0.15, -0.1) is 6.42 Å². The molecule has 0 spiro atoms. The van der Waals surface area contributed by atoms with Crippen LogP contribution in [-0.2, 0) is 19.1 Å². The van der Waals surface area contributed by atoms with E-state index in [1.54, 1.807) is 12.2 Å². The standard InChI is InChI=1S/C30H37NO4/c1-7-24-14-10-8-9-12-20(2)16-25-18-26(32)19-27(29(25)33)31-30(34)28(35-6)15-11-13-21(3)23(5)22(4)17-24/h1,11-13,15,17-19,21,23-24H,8-10,14,16H2,2-6H3,(H,31,34)/b13-11-,20-12+,22-17+,28-15-/t21-,23+,24+/m0/s1. The average molecular weight is 476 g/mol. The number of amides is 1. The Kier molecular flexibility index (Phi) is 10.7. The molecule has 2 aliphatic rings. The maximum absolute atomic E-state index is 12.9. The molecule has 3 atom stereocenters. The number of Topliss-reactive ketones (excluding diaryl/α,β-unsaturated/α-hetero) is 1. The van der Waals surface area contributed by atoms with Crippen LogP contribution in [0, 0.1) is 30.1 Å². The van der Waals surface area contributed by atoms with Crippen LogP contribution in [0.2, 0.25) is 0 Å². The number of terminal acetylenes is 1. The fraction of sp³-hybridized carbons (Fsp3) is 0.433. The van der Waals surface area contributed by atoms with E-state index in [1.807, 2.05) is 13.0 Å². The molecule has 0 saturated heterocycles. The van der Waals surface area contributed by atoms with Gasteiger partial charge in [-0.2, -0.15) is 0 Å². The molecule has 0 unspecified atom stereocenters. The highest BCUT2D eigenvalue weighted by molar-refractivity contribution is 6.21. The van der Waals surface area contributed by atoms with E-state index in [4.69, 9.17) is 11.2 Å².